The van der Waals surface area contributed by atoms with Gasteiger partial charge in [0.2, 0.25) is 17.6 Å². The Kier molecular flexibility index (Phi) is 5.02. The molecule has 0 saturated heterocycles. The first-order valence-corrected chi connectivity index (χ1v) is 6.96. The van der Waals surface area contributed by atoms with Crippen molar-refractivity contribution in [3.63, 3.8) is 0 Å². The molecule has 2 N–H and O–H groups in total. The van der Waals surface area contributed by atoms with E-state index in [1.807, 2.05) is 13.8 Å². The molecule has 0 unspecified atom stereocenters. The molecule has 0 atom stereocenters. The molecule has 122 valence electrons. The van der Waals surface area contributed by atoms with Crippen LogP contribution >= 0.6 is 0 Å². The molecule has 0 aliphatic carbocycles. The standard InChI is InChI=1S/C14H17N5O4/c1-9(2)18(7-12(15)20)8-13-16-14(17-23-13)10-3-5-11(6-4-10)19(21)22/h3-6,9H,7-8H2,1-2H3,(H2,15,20). The van der Waals surface area contributed by atoms with Gasteiger partial charge < -0.3 is 10.3 Å². The minimum atomic E-state index is -0.476. The SMILES string of the molecule is CC(C)N(CC(N)=O)Cc1nc(-c2ccc([N+](=O)[O-])cc2)no1. The lowest BCUT2D eigenvalue weighted by atomic mass is 10.2. The van der Waals surface area contributed by atoms with Gasteiger partial charge >= 0.3 is 0 Å². The third kappa shape index (κ3) is 4.33. The number of non-ortho nitro benzene ring substituents is 1. The fourth-order valence-corrected chi connectivity index (χ4v) is 1.96. The molecule has 0 fully saturated rings. The Balaban J connectivity index is 2.13. The van der Waals surface area contributed by atoms with Crippen LogP contribution in [0.2, 0.25) is 0 Å². The fraction of sp³-hybridized carbons (Fsp3) is 0.357. The lowest BCUT2D eigenvalue weighted by molar-refractivity contribution is -0.384. The molecule has 0 spiro atoms. The van der Waals surface area contributed by atoms with E-state index in [2.05, 4.69) is 10.1 Å². The first-order valence-electron chi connectivity index (χ1n) is 6.96. The maximum absolute atomic E-state index is 11.1. The highest BCUT2D eigenvalue weighted by Gasteiger charge is 2.17. The minimum Gasteiger partial charge on any atom is -0.369 e. The summed E-state index contributed by atoms with van der Waals surface area (Å²) in [6.45, 7) is 4.24. The van der Waals surface area contributed by atoms with E-state index < -0.39 is 10.8 Å². The monoisotopic (exact) mass is 319 g/mol. The molecular weight excluding hydrogens is 302 g/mol. The average Bonchev–Trinajstić information content (AvgIpc) is 2.94. The highest BCUT2D eigenvalue weighted by molar-refractivity contribution is 5.75. The van der Waals surface area contributed by atoms with Crippen molar-refractivity contribution in [1.82, 2.24) is 15.0 Å². The number of nitro groups is 1. The Morgan fingerprint density at radius 2 is 2.04 bits per heavy atom. The van der Waals surface area contributed by atoms with Gasteiger partial charge in [0.1, 0.15) is 0 Å². The summed E-state index contributed by atoms with van der Waals surface area (Å²) in [4.78, 5) is 27.3. The van der Waals surface area contributed by atoms with Crippen molar-refractivity contribution in [2.24, 2.45) is 5.73 Å². The first-order chi connectivity index (χ1) is 10.9. The molecule has 0 aliphatic rings. The number of nitrogens with zero attached hydrogens (tertiary/aromatic N) is 4. The molecule has 9 heteroatoms. The largest absolute Gasteiger partial charge is 0.369 e. The van der Waals surface area contributed by atoms with Crippen LogP contribution in [0.3, 0.4) is 0 Å². The van der Waals surface area contributed by atoms with Crippen LogP contribution in [-0.4, -0.2) is 38.5 Å². The normalized spacial score (nSPS) is 11.1. The number of aromatic nitrogens is 2. The summed E-state index contributed by atoms with van der Waals surface area (Å²) in [7, 11) is 0. The molecule has 0 radical (unpaired) electrons. The average molecular weight is 319 g/mol. The van der Waals surface area contributed by atoms with Crippen LogP contribution in [0.15, 0.2) is 28.8 Å². The van der Waals surface area contributed by atoms with Crippen LogP contribution < -0.4 is 5.73 Å². The maximum Gasteiger partial charge on any atom is 0.269 e. The van der Waals surface area contributed by atoms with Crippen LogP contribution in [0.25, 0.3) is 11.4 Å². The Bertz CT molecular complexity index is 695. The Morgan fingerprint density at radius 3 is 2.57 bits per heavy atom. The van der Waals surface area contributed by atoms with E-state index in [-0.39, 0.29) is 18.3 Å². The number of hydrogen-bond acceptors (Lipinski definition) is 7. The zero-order valence-corrected chi connectivity index (χ0v) is 12.8. The summed E-state index contributed by atoms with van der Waals surface area (Å²) in [5.41, 5.74) is 5.82. The predicted molar refractivity (Wildman–Crippen MR) is 81.1 cm³/mol. The van der Waals surface area contributed by atoms with Crippen LogP contribution in [0, 0.1) is 10.1 Å². The number of nitrogens with two attached hydrogens (primary N) is 1. The van der Waals surface area contributed by atoms with E-state index in [9.17, 15) is 14.9 Å². The number of primary amides is 1. The van der Waals surface area contributed by atoms with Gasteiger partial charge in [0.15, 0.2) is 0 Å². The molecule has 1 amide bonds. The first kappa shape index (κ1) is 16.6. The van der Waals surface area contributed by atoms with Crippen molar-refractivity contribution in [3.05, 3.63) is 40.3 Å². The van der Waals surface area contributed by atoms with Gasteiger partial charge in [0.25, 0.3) is 5.69 Å². The minimum absolute atomic E-state index is 0.00934. The van der Waals surface area contributed by atoms with Crippen LogP contribution in [-0.2, 0) is 11.3 Å². The van der Waals surface area contributed by atoms with E-state index in [0.29, 0.717) is 23.8 Å². The van der Waals surface area contributed by atoms with E-state index in [4.69, 9.17) is 10.3 Å². The van der Waals surface area contributed by atoms with Crippen LogP contribution in [0.1, 0.15) is 19.7 Å². The predicted octanol–water partition coefficient (Wildman–Crippen LogP) is 1.34. The lowest BCUT2D eigenvalue weighted by Crippen LogP contribution is -2.38. The lowest BCUT2D eigenvalue weighted by Gasteiger charge is -2.22. The molecule has 2 rings (SSSR count). The molecule has 1 aromatic carbocycles. The van der Waals surface area contributed by atoms with E-state index in [1.165, 1.54) is 12.1 Å². The second kappa shape index (κ2) is 6.97. The number of carbonyl (C=O) groups excluding carboxylic acids is 1. The Hall–Kier alpha value is -2.81. The zero-order chi connectivity index (χ0) is 17.0. The number of rotatable bonds is 7. The van der Waals surface area contributed by atoms with Crippen molar-refractivity contribution in [3.8, 4) is 11.4 Å². The molecule has 0 aliphatic heterocycles. The smallest absolute Gasteiger partial charge is 0.269 e. The van der Waals surface area contributed by atoms with E-state index in [0.717, 1.165) is 0 Å². The second-order valence-corrected chi connectivity index (χ2v) is 5.28. The molecule has 9 nitrogen and oxygen atoms in total. The van der Waals surface area contributed by atoms with Crippen molar-refractivity contribution in [1.29, 1.82) is 0 Å². The topological polar surface area (TPSA) is 128 Å². The summed E-state index contributed by atoms with van der Waals surface area (Å²) in [6, 6.07) is 5.93. The van der Waals surface area contributed by atoms with E-state index in [1.54, 1.807) is 17.0 Å². The molecule has 1 aromatic heterocycles. The van der Waals surface area contributed by atoms with Gasteiger partial charge in [-0.1, -0.05) is 5.16 Å². The van der Waals surface area contributed by atoms with Crippen LogP contribution in [0.5, 0.6) is 0 Å². The zero-order valence-electron chi connectivity index (χ0n) is 12.8. The van der Waals surface area contributed by atoms with Gasteiger partial charge in [-0.2, -0.15) is 4.98 Å². The van der Waals surface area contributed by atoms with Gasteiger partial charge in [-0.05, 0) is 26.0 Å². The van der Waals surface area contributed by atoms with Gasteiger partial charge in [-0.3, -0.25) is 19.8 Å². The van der Waals surface area contributed by atoms with Gasteiger partial charge in [-0.25, -0.2) is 0 Å². The fourth-order valence-electron chi connectivity index (χ4n) is 1.96. The van der Waals surface area contributed by atoms with Gasteiger partial charge in [0.05, 0.1) is 18.0 Å². The molecule has 2 aromatic rings. The molecule has 0 bridgehead atoms. The van der Waals surface area contributed by atoms with Crippen molar-refractivity contribution in [2.75, 3.05) is 6.54 Å². The molecule has 0 saturated carbocycles. The number of carbonyl (C=O) groups is 1. The van der Waals surface area contributed by atoms with Crippen molar-refractivity contribution >= 4 is 11.6 Å². The molecular formula is C14H17N5O4. The second-order valence-electron chi connectivity index (χ2n) is 5.28. The Labute approximate surface area is 132 Å². The molecule has 1 heterocycles. The van der Waals surface area contributed by atoms with Gasteiger partial charge in [-0.15, -0.1) is 0 Å². The number of nitro benzene ring substituents is 1. The van der Waals surface area contributed by atoms with Crippen LogP contribution in [0.4, 0.5) is 5.69 Å². The number of hydrogen-bond donors (Lipinski definition) is 1. The van der Waals surface area contributed by atoms with Crippen molar-refractivity contribution < 1.29 is 14.2 Å². The van der Waals surface area contributed by atoms with Crippen molar-refractivity contribution in [2.45, 2.75) is 26.4 Å². The third-order valence-corrected chi connectivity index (χ3v) is 3.23. The quantitative estimate of drug-likeness (QED) is 0.602. The highest BCUT2D eigenvalue weighted by atomic mass is 16.6. The Morgan fingerprint density at radius 1 is 1.39 bits per heavy atom. The number of amides is 1. The summed E-state index contributed by atoms with van der Waals surface area (Å²) in [5, 5.41) is 14.5. The summed E-state index contributed by atoms with van der Waals surface area (Å²) in [6.07, 6.45) is 0. The summed E-state index contributed by atoms with van der Waals surface area (Å²) in [5.74, 6) is 0.236. The number of benzene rings is 1. The summed E-state index contributed by atoms with van der Waals surface area (Å²) >= 11 is 0. The highest BCUT2D eigenvalue weighted by Crippen LogP contribution is 2.20. The maximum atomic E-state index is 11.1. The molecule has 23 heavy (non-hydrogen) atoms. The summed E-state index contributed by atoms with van der Waals surface area (Å²) < 4.78 is 5.17. The van der Waals surface area contributed by atoms with E-state index >= 15 is 0 Å². The van der Waals surface area contributed by atoms with Gasteiger partial charge in [0, 0.05) is 23.7 Å². The third-order valence-electron chi connectivity index (χ3n) is 3.23.